The van der Waals surface area contributed by atoms with Crippen molar-refractivity contribution in [2.45, 2.75) is 0 Å². The Labute approximate surface area is 45.8 Å². The third-order valence-corrected chi connectivity index (χ3v) is 0.697. The van der Waals surface area contributed by atoms with Crippen LogP contribution in [-0.4, -0.2) is 0 Å². The van der Waals surface area contributed by atoms with Gasteiger partial charge in [-0.05, 0) is 0 Å². The Morgan fingerprint density at radius 1 is 1.75 bits per heavy atom. The van der Waals surface area contributed by atoms with E-state index in [1.165, 1.54) is 0 Å². The van der Waals surface area contributed by atoms with Gasteiger partial charge in [-0.15, -0.1) is 0 Å². The number of pyridine rings is 1. The number of rotatable bonds is 0. The van der Waals surface area contributed by atoms with E-state index in [1.54, 1.807) is 0 Å². The zero-order valence-corrected chi connectivity index (χ0v) is 3.97. The largest absolute Gasteiger partial charge is 0.619 e. The number of halogens is 1. The summed E-state index contributed by atoms with van der Waals surface area (Å²) in [5.41, 5.74) is 0. The van der Waals surface area contributed by atoms with Gasteiger partial charge in [-0.25, -0.2) is 4.39 Å². The van der Waals surface area contributed by atoms with Crippen LogP contribution in [0.3, 0.4) is 0 Å². The van der Waals surface area contributed by atoms with Gasteiger partial charge in [0.2, 0.25) is 0 Å². The minimum Gasteiger partial charge on any atom is -0.619 e. The van der Waals surface area contributed by atoms with Crippen molar-refractivity contribution in [1.82, 2.24) is 0 Å². The molecule has 0 aliphatic rings. The van der Waals surface area contributed by atoms with E-state index in [1.807, 2.05) is 0 Å². The van der Waals surface area contributed by atoms with Crippen LogP contribution in [-0.2, 0) is 0 Å². The van der Waals surface area contributed by atoms with Crippen LogP contribution < -0.4 is 4.73 Å². The molecule has 1 radical (unpaired) electrons. The van der Waals surface area contributed by atoms with Crippen LogP contribution in [0.1, 0.15) is 0 Å². The predicted molar refractivity (Wildman–Crippen MR) is 24.2 cm³/mol. The Morgan fingerprint density at radius 3 is 2.88 bits per heavy atom. The Hall–Kier alpha value is -1.12. The molecule has 2 nitrogen and oxygen atoms in total. The molecule has 8 heavy (non-hydrogen) atoms. The van der Waals surface area contributed by atoms with Crippen molar-refractivity contribution in [3.05, 3.63) is 35.6 Å². The van der Waals surface area contributed by atoms with E-state index in [-0.39, 0.29) is 0 Å². The molecule has 0 aliphatic heterocycles. The first-order valence-electron chi connectivity index (χ1n) is 2.05. The lowest BCUT2D eigenvalue weighted by Gasteiger charge is -1.89. The Kier molecular flexibility index (Phi) is 1.12. The van der Waals surface area contributed by atoms with Gasteiger partial charge in [-0.2, -0.15) is 4.73 Å². The smallest absolute Gasteiger partial charge is 0.191 e. The number of aromatic nitrogens is 1. The van der Waals surface area contributed by atoms with Gasteiger partial charge in [-0.3, -0.25) is 0 Å². The maximum atomic E-state index is 11.9. The third-order valence-electron chi connectivity index (χ3n) is 0.697. The van der Waals surface area contributed by atoms with Gasteiger partial charge < -0.3 is 5.21 Å². The average Bonchev–Trinajstić information content (AvgIpc) is 1.77. The highest BCUT2D eigenvalue weighted by molar-refractivity contribution is 4.86. The lowest BCUT2D eigenvalue weighted by atomic mass is 10.5. The minimum absolute atomic E-state index is 0.475. The second-order valence-corrected chi connectivity index (χ2v) is 1.30. The maximum Gasteiger partial charge on any atom is 0.191 e. The Morgan fingerprint density at radius 2 is 2.50 bits per heavy atom. The molecule has 0 spiro atoms. The van der Waals surface area contributed by atoms with Crippen LogP contribution in [0.5, 0.6) is 0 Å². The first-order chi connectivity index (χ1) is 3.79. The maximum absolute atomic E-state index is 11.9. The molecule has 0 atom stereocenters. The summed E-state index contributed by atoms with van der Waals surface area (Å²) < 4.78 is 12.4. The van der Waals surface area contributed by atoms with Crippen LogP contribution in [0.15, 0.2) is 18.5 Å². The summed E-state index contributed by atoms with van der Waals surface area (Å²) in [4.78, 5) is 0. The van der Waals surface area contributed by atoms with Crippen LogP contribution in [0.2, 0.25) is 0 Å². The number of nitrogens with zero attached hydrogens (tertiary/aromatic N) is 1. The zero-order valence-electron chi connectivity index (χ0n) is 3.97. The van der Waals surface area contributed by atoms with Gasteiger partial charge in [0, 0.05) is 6.07 Å². The predicted octanol–water partition coefficient (Wildman–Crippen LogP) is 0.259. The Bertz CT molecular complexity index is 151. The van der Waals surface area contributed by atoms with Crippen LogP contribution in [0.25, 0.3) is 0 Å². The van der Waals surface area contributed by atoms with Crippen molar-refractivity contribution in [3.63, 3.8) is 0 Å². The highest BCUT2D eigenvalue weighted by atomic mass is 19.1. The Balaban J connectivity index is 3.03. The van der Waals surface area contributed by atoms with Crippen LogP contribution in [0, 0.1) is 17.1 Å². The highest BCUT2D eigenvalue weighted by Crippen LogP contribution is 1.86. The highest BCUT2D eigenvalue weighted by Gasteiger charge is 1.88. The van der Waals surface area contributed by atoms with E-state index >= 15 is 0 Å². The van der Waals surface area contributed by atoms with E-state index in [9.17, 15) is 9.60 Å². The quantitative estimate of drug-likeness (QED) is 0.349. The first kappa shape index (κ1) is 5.03. The van der Waals surface area contributed by atoms with Crippen molar-refractivity contribution >= 4 is 0 Å². The van der Waals surface area contributed by atoms with E-state index in [0.29, 0.717) is 4.73 Å². The van der Waals surface area contributed by atoms with Crippen molar-refractivity contribution < 1.29 is 9.12 Å². The fourth-order valence-electron chi connectivity index (χ4n) is 0.355. The summed E-state index contributed by atoms with van der Waals surface area (Å²) in [5.74, 6) is -0.517. The molecule has 0 N–H and O–H groups in total. The van der Waals surface area contributed by atoms with E-state index in [0.717, 1.165) is 18.5 Å². The molecular formula is C5H3FNO. The molecule has 3 heteroatoms. The monoisotopic (exact) mass is 112 g/mol. The fourth-order valence-corrected chi connectivity index (χ4v) is 0.355. The van der Waals surface area contributed by atoms with E-state index in [2.05, 4.69) is 6.07 Å². The normalized spacial score (nSPS) is 9.12. The van der Waals surface area contributed by atoms with Gasteiger partial charge in [0.05, 0.1) is 6.07 Å². The SMILES string of the molecule is [O-][n+]1c[c]c(F)cc1. The molecule has 0 aromatic carbocycles. The second kappa shape index (κ2) is 1.78. The molecule has 0 saturated heterocycles. The zero-order chi connectivity index (χ0) is 5.98. The van der Waals surface area contributed by atoms with Crippen molar-refractivity contribution in [1.29, 1.82) is 0 Å². The molecule has 0 unspecified atom stereocenters. The molecule has 41 valence electrons. The third kappa shape index (κ3) is 0.932. The van der Waals surface area contributed by atoms with E-state index < -0.39 is 5.82 Å². The summed E-state index contributed by atoms with van der Waals surface area (Å²) in [6, 6.07) is 3.13. The topological polar surface area (TPSA) is 26.9 Å². The fraction of sp³-hybridized carbons (Fsp3) is 0. The van der Waals surface area contributed by atoms with Gasteiger partial charge in [-0.1, -0.05) is 0 Å². The van der Waals surface area contributed by atoms with Gasteiger partial charge in [0.15, 0.2) is 12.4 Å². The van der Waals surface area contributed by atoms with E-state index in [4.69, 9.17) is 0 Å². The summed E-state index contributed by atoms with van der Waals surface area (Å²) >= 11 is 0. The molecule has 0 bridgehead atoms. The van der Waals surface area contributed by atoms with Crippen LogP contribution in [0.4, 0.5) is 4.39 Å². The lowest BCUT2D eigenvalue weighted by molar-refractivity contribution is -0.605. The molecule has 1 aromatic rings. The summed E-state index contributed by atoms with van der Waals surface area (Å²) in [6.45, 7) is 0. The van der Waals surface area contributed by atoms with Gasteiger partial charge in [0.25, 0.3) is 0 Å². The van der Waals surface area contributed by atoms with Crippen molar-refractivity contribution in [3.8, 4) is 0 Å². The molecular weight excluding hydrogens is 109 g/mol. The molecule has 0 saturated carbocycles. The summed E-state index contributed by atoms with van der Waals surface area (Å²) in [5, 5.41) is 10.1. The molecule has 1 aromatic heterocycles. The first-order valence-corrected chi connectivity index (χ1v) is 2.05. The molecule has 1 heterocycles. The average molecular weight is 112 g/mol. The van der Waals surface area contributed by atoms with Gasteiger partial charge in [0.1, 0.15) is 5.82 Å². The standard InChI is InChI=1S/C5H3FNO/c6-5-1-3-7(8)4-2-5/h1,3-4H. The molecule has 0 fully saturated rings. The minimum atomic E-state index is -0.517. The molecule has 0 amide bonds. The van der Waals surface area contributed by atoms with Crippen LogP contribution >= 0.6 is 0 Å². The van der Waals surface area contributed by atoms with Gasteiger partial charge >= 0.3 is 0 Å². The van der Waals surface area contributed by atoms with Crippen molar-refractivity contribution in [2.24, 2.45) is 0 Å². The molecule has 0 aliphatic carbocycles. The second-order valence-electron chi connectivity index (χ2n) is 1.30. The summed E-state index contributed by atoms with van der Waals surface area (Å²) in [7, 11) is 0. The van der Waals surface area contributed by atoms with Crippen molar-refractivity contribution in [2.75, 3.05) is 0 Å². The lowest BCUT2D eigenvalue weighted by Crippen LogP contribution is -2.23. The summed E-state index contributed by atoms with van der Waals surface area (Å²) in [6.07, 6.45) is 2.06. The number of hydrogen-bond acceptors (Lipinski definition) is 1. The molecule has 1 rings (SSSR count). The number of hydrogen-bond donors (Lipinski definition) is 0.